The highest BCUT2D eigenvalue weighted by Crippen LogP contribution is 2.21. The zero-order valence-electron chi connectivity index (χ0n) is 13.8. The number of carbonyl (C=O) groups excluding carboxylic acids is 2. The van der Waals surface area contributed by atoms with Gasteiger partial charge in [0.25, 0.3) is 5.91 Å². The summed E-state index contributed by atoms with van der Waals surface area (Å²) in [7, 11) is 0. The van der Waals surface area contributed by atoms with Crippen LogP contribution in [0.25, 0.3) is 0 Å². The second-order valence-electron chi connectivity index (χ2n) is 5.63. The molecule has 0 bridgehead atoms. The van der Waals surface area contributed by atoms with Gasteiger partial charge in [-0.2, -0.15) is 11.8 Å². The van der Waals surface area contributed by atoms with Crippen molar-refractivity contribution < 1.29 is 9.59 Å². The van der Waals surface area contributed by atoms with E-state index in [0.717, 1.165) is 25.3 Å². The largest absolute Gasteiger partial charge is 0.350 e. The van der Waals surface area contributed by atoms with Gasteiger partial charge in [0.05, 0.1) is 10.6 Å². The maximum absolute atomic E-state index is 12.5. The molecule has 0 radical (unpaired) electrons. The lowest BCUT2D eigenvalue weighted by Gasteiger charge is -2.21. The third kappa shape index (κ3) is 6.87. The van der Waals surface area contributed by atoms with Gasteiger partial charge in [-0.3, -0.25) is 9.59 Å². The molecule has 25 heavy (non-hydrogen) atoms. The van der Waals surface area contributed by atoms with E-state index in [2.05, 4.69) is 16.0 Å². The van der Waals surface area contributed by atoms with Crippen molar-refractivity contribution in [2.75, 3.05) is 25.1 Å². The molecule has 0 aliphatic carbocycles. The topological polar surface area (TPSA) is 70.2 Å². The van der Waals surface area contributed by atoms with Gasteiger partial charge >= 0.3 is 0 Å². The first-order valence-electron chi connectivity index (χ1n) is 7.77. The molecule has 9 heteroatoms. The van der Waals surface area contributed by atoms with E-state index in [4.69, 9.17) is 23.2 Å². The standard InChI is InChI=1S/C16H21Cl2N3O2S.ClH/c1-24-7-5-14(16(23)20-11-4-6-19-9-11)21-15(22)12-3-2-10(17)8-13(12)18;/h2-3,8,11,14,19H,4-7,9H2,1H3,(H,20,23)(H,21,22);1H. The zero-order chi connectivity index (χ0) is 17.5. The van der Waals surface area contributed by atoms with Crippen molar-refractivity contribution in [3.8, 4) is 0 Å². The molecule has 1 aliphatic heterocycles. The number of thioether (sulfide) groups is 1. The summed E-state index contributed by atoms with van der Waals surface area (Å²) >= 11 is 13.6. The fraction of sp³-hybridized carbons (Fsp3) is 0.500. The summed E-state index contributed by atoms with van der Waals surface area (Å²) in [4.78, 5) is 24.9. The highest BCUT2D eigenvalue weighted by atomic mass is 35.5. The number of rotatable bonds is 7. The average molecular weight is 427 g/mol. The molecule has 2 rings (SSSR count). The number of hydrogen-bond donors (Lipinski definition) is 3. The Bertz CT molecular complexity index is 598. The van der Waals surface area contributed by atoms with E-state index in [9.17, 15) is 9.59 Å². The van der Waals surface area contributed by atoms with E-state index in [0.29, 0.717) is 17.0 Å². The Morgan fingerprint density at radius 2 is 2.16 bits per heavy atom. The number of hydrogen-bond acceptors (Lipinski definition) is 4. The van der Waals surface area contributed by atoms with E-state index in [1.807, 2.05) is 6.26 Å². The monoisotopic (exact) mass is 425 g/mol. The van der Waals surface area contributed by atoms with Crippen LogP contribution in [-0.4, -0.2) is 49.0 Å². The van der Waals surface area contributed by atoms with Gasteiger partial charge in [-0.1, -0.05) is 23.2 Å². The molecule has 0 saturated carbocycles. The van der Waals surface area contributed by atoms with Crippen molar-refractivity contribution in [2.45, 2.75) is 24.9 Å². The van der Waals surface area contributed by atoms with Crippen LogP contribution in [0.3, 0.4) is 0 Å². The molecule has 2 amide bonds. The van der Waals surface area contributed by atoms with E-state index < -0.39 is 6.04 Å². The molecule has 1 heterocycles. The SMILES string of the molecule is CSCCC(NC(=O)c1ccc(Cl)cc1Cl)C(=O)NC1CCNC1.Cl. The Labute approximate surface area is 168 Å². The molecule has 3 N–H and O–H groups in total. The van der Waals surface area contributed by atoms with Crippen LogP contribution in [0, 0.1) is 0 Å². The average Bonchev–Trinajstić information content (AvgIpc) is 3.03. The van der Waals surface area contributed by atoms with Crippen LogP contribution in [0.15, 0.2) is 18.2 Å². The molecule has 1 aromatic rings. The molecule has 1 aromatic carbocycles. The van der Waals surface area contributed by atoms with Gasteiger partial charge in [0.15, 0.2) is 0 Å². The summed E-state index contributed by atoms with van der Waals surface area (Å²) in [6.07, 6.45) is 3.43. The predicted octanol–water partition coefficient (Wildman–Crippen LogP) is 2.74. The molecule has 5 nitrogen and oxygen atoms in total. The summed E-state index contributed by atoms with van der Waals surface area (Å²) in [6.45, 7) is 1.66. The normalized spacial score (nSPS) is 17.5. The van der Waals surface area contributed by atoms with Crippen LogP contribution < -0.4 is 16.0 Å². The van der Waals surface area contributed by atoms with Crippen LogP contribution in [0.1, 0.15) is 23.2 Å². The number of carbonyl (C=O) groups is 2. The van der Waals surface area contributed by atoms with Gasteiger partial charge in [-0.15, -0.1) is 12.4 Å². The highest BCUT2D eigenvalue weighted by molar-refractivity contribution is 7.98. The summed E-state index contributed by atoms with van der Waals surface area (Å²) in [5.74, 6) is 0.244. The van der Waals surface area contributed by atoms with Crippen LogP contribution in [-0.2, 0) is 4.79 Å². The smallest absolute Gasteiger partial charge is 0.253 e. The van der Waals surface area contributed by atoms with Crippen LogP contribution in [0.4, 0.5) is 0 Å². The molecule has 0 aromatic heterocycles. The van der Waals surface area contributed by atoms with E-state index >= 15 is 0 Å². The lowest BCUT2D eigenvalue weighted by molar-refractivity contribution is -0.123. The number of halogens is 3. The molecule has 2 unspecified atom stereocenters. The second-order valence-corrected chi connectivity index (χ2v) is 7.46. The third-order valence-corrected chi connectivity index (χ3v) is 5.01. The Hall–Kier alpha value is -0.660. The van der Waals surface area contributed by atoms with Crippen molar-refractivity contribution in [2.24, 2.45) is 0 Å². The lowest BCUT2D eigenvalue weighted by atomic mass is 10.1. The van der Waals surface area contributed by atoms with Gasteiger partial charge in [0.1, 0.15) is 6.04 Å². The summed E-state index contributed by atoms with van der Waals surface area (Å²) in [5, 5.41) is 9.71. The number of nitrogens with one attached hydrogen (secondary N) is 3. The highest BCUT2D eigenvalue weighted by Gasteiger charge is 2.25. The van der Waals surface area contributed by atoms with Crippen LogP contribution in [0.5, 0.6) is 0 Å². The lowest BCUT2D eigenvalue weighted by Crippen LogP contribution is -2.50. The molecule has 1 aliphatic rings. The molecular weight excluding hydrogens is 405 g/mol. The minimum absolute atomic E-state index is 0. The number of benzene rings is 1. The third-order valence-electron chi connectivity index (χ3n) is 3.81. The molecule has 1 saturated heterocycles. The van der Waals surface area contributed by atoms with Gasteiger partial charge in [0, 0.05) is 17.6 Å². The van der Waals surface area contributed by atoms with Gasteiger partial charge in [-0.25, -0.2) is 0 Å². The first kappa shape index (κ1) is 22.4. The fourth-order valence-electron chi connectivity index (χ4n) is 2.49. The Morgan fingerprint density at radius 1 is 1.40 bits per heavy atom. The summed E-state index contributed by atoms with van der Waals surface area (Å²) in [5.41, 5.74) is 0.311. The van der Waals surface area contributed by atoms with Crippen LogP contribution >= 0.6 is 47.4 Å². The maximum Gasteiger partial charge on any atom is 0.253 e. The fourth-order valence-corrected chi connectivity index (χ4v) is 3.46. The van der Waals surface area contributed by atoms with Crippen LogP contribution in [0.2, 0.25) is 10.0 Å². The summed E-state index contributed by atoms with van der Waals surface area (Å²) in [6, 6.07) is 4.20. The van der Waals surface area contributed by atoms with Crippen molar-refractivity contribution in [1.82, 2.24) is 16.0 Å². The predicted molar refractivity (Wildman–Crippen MR) is 107 cm³/mol. The van der Waals surface area contributed by atoms with Crippen molar-refractivity contribution in [1.29, 1.82) is 0 Å². The van der Waals surface area contributed by atoms with E-state index in [1.54, 1.807) is 23.9 Å². The molecular formula is C16H22Cl3N3O2S. The minimum Gasteiger partial charge on any atom is -0.350 e. The second kappa shape index (κ2) is 11.1. The number of amides is 2. The maximum atomic E-state index is 12.5. The summed E-state index contributed by atoms with van der Waals surface area (Å²) < 4.78 is 0. The molecule has 1 fully saturated rings. The van der Waals surface area contributed by atoms with E-state index in [-0.39, 0.29) is 35.3 Å². The minimum atomic E-state index is -0.586. The van der Waals surface area contributed by atoms with Gasteiger partial charge in [-0.05, 0) is 49.6 Å². The van der Waals surface area contributed by atoms with Crippen molar-refractivity contribution in [3.05, 3.63) is 33.8 Å². The Balaban J connectivity index is 0.00000312. The first-order chi connectivity index (χ1) is 11.5. The first-order valence-corrected chi connectivity index (χ1v) is 9.92. The molecule has 2 atom stereocenters. The zero-order valence-corrected chi connectivity index (χ0v) is 17.0. The van der Waals surface area contributed by atoms with E-state index in [1.165, 1.54) is 6.07 Å². The molecule has 140 valence electrons. The quantitative estimate of drug-likeness (QED) is 0.627. The van der Waals surface area contributed by atoms with Gasteiger partial charge < -0.3 is 16.0 Å². The molecule has 0 spiro atoms. The van der Waals surface area contributed by atoms with Crippen molar-refractivity contribution >= 4 is 59.2 Å². The Kier molecular flexibility index (Phi) is 9.97. The Morgan fingerprint density at radius 3 is 2.76 bits per heavy atom. The van der Waals surface area contributed by atoms with Crippen molar-refractivity contribution in [3.63, 3.8) is 0 Å². The van der Waals surface area contributed by atoms with Gasteiger partial charge in [0.2, 0.25) is 5.91 Å².